The second kappa shape index (κ2) is 10.4. The first kappa shape index (κ1) is 25.0. The van der Waals surface area contributed by atoms with Crippen molar-refractivity contribution < 1.29 is 4.74 Å². The van der Waals surface area contributed by atoms with Gasteiger partial charge in [0.2, 0.25) is 0 Å². The maximum Gasteiger partial charge on any atom is 0.333 e. The van der Waals surface area contributed by atoms with Crippen LogP contribution >= 0.6 is 24.2 Å². The van der Waals surface area contributed by atoms with Crippen molar-refractivity contribution in [2.45, 2.75) is 30.3 Å². The quantitative estimate of drug-likeness (QED) is 0.314. The smallest absolute Gasteiger partial charge is 0.333 e. The van der Waals surface area contributed by atoms with Gasteiger partial charge in [-0.3, -0.25) is 18.5 Å². The molecule has 1 aliphatic heterocycles. The van der Waals surface area contributed by atoms with Crippen LogP contribution in [-0.4, -0.2) is 47.2 Å². The minimum Gasteiger partial charge on any atom is -0.383 e. The van der Waals surface area contributed by atoms with Crippen molar-refractivity contribution in [3.8, 4) is 5.69 Å². The van der Waals surface area contributed by atoms with Crippen LogP contribution in [0.1, 0.15) is 17.2 Å². The fourth-order valence-electron chi connectivity index (χ4n) is 4.52. The summed E-state index contributed by atoms with van der Waals surface area (Å²) in [4.78, 5) is 33.0. The highest BCUT2D eigenvalue weighted by atomic mass is 35.5. The predicted molar refractivity (Wildman–Crippen MR) is 143 cm³/mol. The van der Waals surface area contributed by atoms with Crippen molar-refractivity contribution in [2.75, 3.05) is 13.7 Å². The first-order chi connectivity index (χ1) is 17.7. The molecule has 1 aliphatic rings. The van der Waals surface area contributed by atoms with Crippen LogP contribution in [0.25, 0.3) is 16.9 Å². The summed E-state index contributed by atoms with van der Waals surface area (Å²) in [6.07, 6.45) is 1.59. The van der Waals surface area contributed by atoms with E-state index in [1.165, 1.54) is 4.57 Å². The topological polar surface area (TPSA) is 102 Å². The Bertz CT molecular complexity index is 1690. The molecule has 0 saturated heterocycles. The predicted octanol–water partition coefficient (Wildman–Crippen LogP) is 2.71. The third-order valence-corrected chi connectivity index (χ3v) is 7.32. The van der Waals surface area contributed by atoms with Gasteiger partial charge in [-0.05, 0) is 17.7 Å². The van der Waals surface area contributed by atoms with Gasteiger partial charge < -0.3 is 9.30 Å². The summed E-state index contributed by atoms with van der Waals surface area (Å²) in [5.74, 6) is 1.99. The van der Waals surface area contributed by atoms with Gasteiger partial charge in [0.05, 0.1) is 37.5 Å². The highest BCUT2D eigenvalue weighted by Gasteiger charge is 2.24. The molecule has 0 radical (unpaired) electrons. The van der Waals surface area contributed by atoms with Crippen LogP contribution in [0.2, 0.25) is 0 Å². The molecule has 0 fully saturated rings. The van der Waals surface area contributed by atoms with Gasteiger partial charge in [-0.25, -0.2) is 9.78 Å². The average molecular weight is 538 g/mol. The summed E-state index contributed by atoms with van der Waals surface area (Å²) < 4.78 is 11.7. The van der Waals surface area contributed by atoms with Crippen LogP contribution in [0.4, 0.5) is 0 Å². The molecule has 12 heteroatoms. The Labute approximate surface area is 222 Å². The number of para-hydroxylation sites is 1. The zero-order chi connectivity index (χ0) is 24.6. The van der Waals surface area contributed by atoms with E-state index in [1.807, 2.05) is 59.2 Å². The molecule has 0 atom stereocenters. The van der Waals surface area contributed by atoms with Gasteiger partial charge in [-0.2, -0.15) is 0 Å². The first-order valence-electron chi connectivity index (χ1n) is 11.5. The highest BCUT2D eigenvalue weighted by molar-refractivity contribution is 7.98. The molecule has 3 aromatic heterocycles. The molecular formula is C25H24ClN7O3S. The molecule has 2 aromatic carbocycles. The number of nitrogens with zero attached hydrogens (tertiary/aromatic N) is 7. The zero-order valence-electron chi connectivity index (χ0n) is 20.0. The summed E-state index contributed by atoms with van der Waals surface area (Å²) in [6.45, 7) is 1.13. The maximum atomic E-state index is 13.8. The molecule has 0 amide bonds. The van der Waals surface area contributed by atoms with E-state index in [2.05, 4.69) is 15.2 Å². The molecular weight excluding hydrogens is 514 g/mol. The Hall–Kier alpha value is -3.67. The molecule has 0 N–H and O–H groups in total. The fraction of sp³-hybridized carbons (Fsp3) is 0.240. The number of benzene rings is 2. The Morgan fingerprint density at radius 1 is 0.973 bits per heavy atom. The molecule has 4 heterocycles. The molecule has 0 saturated carbocycles. The summed E-state index contributed by atoms with van der Waals surface area (Å²) in [7, 11) is 1.60. The number of rotatable bonds is 7. The molecule has 190 valence electrons. The minimum absolute atomic E-state index is 0. The van der Waals surface area contributed by atoms with Gasteiger partial charge in [0.25, 0.3) is 5.56 Å². The molecule has 0 bridgehead atoms. The molecule has 0 aliphatic carbocycles. The van der Waals surface area contributed by atoms with E-state index in [9.17, 15) is 9.59 Å². The second-order valence-electron chi connectivity index (χ2n) is 8.47. The van der Waals surface area contributed by atoms with Gasteiger partial charge in [0.1, 0.15) is 5.82 Å². The molecule has 0 unspecified atom stereocenters. The van der Waals surface area contributed by atoms with Gasteiger partial charge in [0, 0.05) is 18.6 Å². The Morgan fingerprint density at radius 3 is 2.57 bits per heavy atom. The number of ether oxygens (including phenoxy) is 1. The molecule has 6 rings (SSSR count). The summed E-state index contributed by atoms with van der Waals surface area (Å²) in [5.41, 5.74) is 1.74. The maximum absolute atomic E-state index is 13.8. The van der Waals surface area contributed by atoms with Crippen molar-refractivity contribution in [1.82, 2.24) is 33.4 Å². The SMILES string of the molecule is COCCn1cnc2c1c(=O)n(Cc1nnc3n1-c1ccccc1SC3)c(=O)n2Cc1ccccc1.Cl. The Morgan fingerprint density at radius 2 is 1.76 bits per heavy atom. The highest BCUT2D eigenvalue weighted by Crippen LogP contribution is 2.34. The van der Waals surface area contributed by atoms with E-state index < -0.39 is 11.2 Å². The minimum atomic E-state index is -0.441. The third kappa shape index (κ3) is 4.39. The van der Waals surface area contributed by atoms with Gasteiger partial charge in [-0.15, -0.1) is 34.4 Å². The van der Waals surface area contributed by atoms with Crippen LogP contribution in [0.3, 0.4) is 0 Å². The van der Waals surface area contributed by atoms with E-state index in [-0.39, 0.29) is 25.5 Å². The van der Waals surface area contributed by atoms with E-state index in [0.717, 1.165) is 22.0 Å². The number of methoxy groups -OCH3 is 1. The van der Waals surface area contributed by atoms with Crippen molar-refractivity contribution in [2.24, 2.45) is 0 Å². The van der Waals surface area contributed by atoms with Crippen LogP contribution in [0.15, 0.2) is 75.4 Å². The van der Waals surface area contributed by atoms with E-state index >= 15 is 0 Å². The van der Waals surface area contributed by atoms with Crippen LogP contribution in [0, 0.1) is 0 Å². The Kier molecular flexibility index (Phi) is 7.00. The van der Waals surface area contributed by atoms with Crippen molar-refractivity contribution in [1.29, 1.82) is 0 Å². The molecule has 10 nitrogen and oxygen atoms in total. The lowest BCUT2D eigenvalue weighted by Crippen LogP contribution is -2.41. The average Bonchev–Trinajstić information content (AvgIpc) is 3.53. The number of fused-ring (bicyclic) bond motifs is 4. The van der Waals surface area contributed by atoms with Gasteiger partial charge >= 0.3 is 5.69 Å². The third-order valence-electron chi connectivity index (χ3n) is 6.26. The number of hydrogen-bond acceptors (Lipinski definition) is 7. The lowest BCUT2D eigenvalue weighted by Gasteiger charge is -2.19. The largest absolute Gasteiger partial charge is 0.383 e. The van der Waals surface area contributed by atoms with Gasteiger partial charge in [0.15, 0.2) is 17.0 Å². The first-order valence-corrected chi connectivity index (χ1v) is 12.5. The van der Waals surface area contributed by atoms with Gasteiger partial charge in [-0.1, -0.05) is 42.5 Å². The van der Waals surface area contributed by atoms with E-state index in [0.29, 0.717) is 35.9 Å². The number of aromatic nitrogens is 7. The lowest BCUT2D eigenvalue weighted by molar-refractivity contribution is 0.188. The van der Waals surface area contributed by atoms with E-state index in [1.54, 1.807) is 34.3 Å². The zero-order valence-corrected chi connectivity index (χ0v) is 21.6. The number of halogens is 1. The summed E-state index contributed by atoms with van der Waals surface area (Å²) in [5, 5.41) is 8.72. The molecule has 5 aromatic rings. The van der Waals surface area contributed by atoms with Crippen LogP contribution in [-0.2, 0) is 30.1 Å². The molecule has 0 spiro atoms. The van der Waals surface area contributed by atoms with Crippen molar-refractivity contribution in [3.63, 3.8) is 0 Å². The Balaban J connectivity index is 0.00000280. The normalized spacial score (nSPS) is 12.2. The summed E-state index contributed by atoms with van der Waals surface area (Å²) in [6, 6.07) is 17.6. The van der Waals surface area contributed by atoms with Crippen molar-refractivity contribution >= 4 is 35.3 Å². The number of hydrogen-bond donors (Lipinski definition) is 0. The standard InChI is InChI=1S/C25H23N7O3S.ClH/c1-35-12-11-29-16-26-23-22(29)24(33)31(25(34)30(23)13-17-7-3-2-4-8-17)14-20-27-28-21-15-36-19-10-6-5-9-18(19)32(20)21;/h2-10,16H,11-15H2,1H3;1H. The second-order valence-corrected chi connectivity index (χ2v) is 9.49. The van der Waals surface area contributed by atoms with Crippen LogP contribution < -0.4 is 11.2 Å². The molecule has 37 heavy (non-hydrogen) atoms. The number of thioether (sulfide) groups is 1. The monoisotopic (exact) mass is 537 g/mol. The van der Waals surface area contributed by atoms with Crippen LogP contribution in [0.5, 0.6) is 0 Å². The number of imidazole rings is 1. The lowest BCUT2D eigenvalue weighted by atomic mass is 10.2. The van der Waals surface area contributed by atoms with Crippen molar-refractivity contribution in [3.05, 3.63) is 99.0 Å². The van der Waals surface area contributed by atoms with E-state index in [4.69, 9.17) is 4.74 Å². The summed E-state index contributed by atoms with van der Waals surface area (Å²) >= 11 is 1.69. The fourth-order valence-corrected chi connectivity index (χ4v) is 5.47.